The van der Waals surface area contributed by atoms with Crippen LogP contribution in [-0.4, -0.2) is 28.1 Å². The van der Waals surface area contributed by atoms with Crippen molar-refractivity contribution in [2.75, 3.05) is 11.4 Å². The van der Waals surface area contributed by atoms with Crippen LogP contribution >= 0.6 is 0 Å². The van der Waals surface area contributed by atoms with Gasteiger partial charge in [0.25, 0.3) is 0 Å². The standard InChI is InChI=1S/C34H33N3O3/c1-34(2,3)40-33(38)28-16-14-24(20-31(28)39-27-19-25-11-7-12-29(25)35-22-27)26-15-17-32(36-21-26)37-18-8-13-30(37)23-9-5-4-6-10-23/h4-7,9-11,14-17,19-22,30H,8,12-13,18H2,1-3H3. The average Bonchev–Trinajstić information content (AvgIpc) is 3.62. The Morgan fingerprint density at radius 2 is 1.77 bits per heavy atom. The molecule has 1 fully saturated rings. The average molecular weight is 532 g/mol. The first-order valence-electron chi connectivity index (χ1n) is 13.8. The molecule has 0 amide bonds. The lowest BCUT2D eigenvalue weighted by atomic mass is 10.0. The fraction of sp³-hybridized carbons (Fsp3) is 0.265. The fourth-order valence-corrected chi connectivity index (χ4v) is 5.36. The molecule has 1 unspecified atom stereocenters. The van der Waals surface area contributed by atoms with Crippen LogP contribution < -0.4 is 9.64 Å². The molecule has 4 aromatic rings. The van der Waals surface area contributed by atoms with Gasteiger partial charge in [-0.25, -0.2) is 9.78 Å². The highest BCUT2D eigenvalue weighted by Crippen LogP contribution is 2.37. The first-order valence-corrected chi connectivity index (χ1v) is 13.8. The van der Waals surface area contributed by atoms with Gasteiger partial charge in [0.1, 0.15) is 28.5 Å². The molecule has 3 heterocycles. The van der Waals surface area contributed by atoms with Gasteiger partial charge in [0.2, 0.25) is 0 Å². The van der Waals surface area contributed by atoms with Crippen LogP contribution in [0.2, 0.25) is 0 Å². The summed E-state index contributed by atoms with van der Waals surface area (Å²) in [7, 11) is 0. The molecular formula is C34H33N3O3. The van der Waals surface area contributed by atoms with Gasteiger partial charge in [-0.05, 0) is 80.6 Å². The van der Waals surface area contributed by atoms with Crippen LogP contribution in [0.1, 0.15) is 66.8 Å². The van der Waals surface area contributed by atoms with Gasteiger partial charge in [-0.3, -0.25) is 4.98 Å². The summed E-state index contributed by atoms with van der Waals surface area (Å²) in [6.07, 6.45) is 10.8. The zero-order valence-corrected chi connectivity index (χ0v) is 23.1. The molecule has 40 heavy (non-hydrogen) atoms. The molecule has 1 aliphatic carbocycles. The van der Waals surface area contributed by atoms with Crippen molar-refractivity contribution in [2.45, 2.75) is 51.7 Å². The summed E-state index contributed by atoms with van der Waals surface area (Å²) in [6.45, 7) is 6.55. The number of ether oxygens (including phenoxy) is 2. The monoisotopic (exact) mass is 531 g/mol. The fourth-order valence-electron chi connectivity index (χ4n) is 5.36. The van der Waals surface area contributed by atoms with E-state index in [1.54, 1.807) is 12.3 Å². The number of carbonyl (C=O) groups excluding carboxylic acids is 1. The second-order valence-electron chi connectivity index (χ2n) is 11.3. The summed E-state index contributed by atoms with van der Waals surface area (Å²) in [5.74, 6) is 1.52. The Morgan fingerprint density at radius 3 is 2.55 bits per heavy atom. The highest BCUT2D eigenvalue weighted by atomic mass is 16.6. The second-order valence-corrected chi connectivity index (χ2v) is 11.3. The molecule has 0 saturated carbocycles. The van der Waals surface area contributed by atoms with Gasteiger partial charge in [0.15, 0.2) is 0 Å². The van der Waals surface area contributed by atoms with Crippen molar-refractivity contribution < 1.29 is 14.3 Å². The number of hydrogen-bond donors (Lipinski definition) is 0. The second kappa shape index (κ2) is 10.6. The SMILES string of the molecule is CC(C)(C)OC(=O)c1ccc(-c2ccc(N3CCCC3c3ccccc3)nc2)cc1Oc1cnc2c(c1)C=CC2. The maximum absolute atomic E-state index is 13.1. The number of benzene rings is 2. The minimum Gasteiger partial charge on any atom is -0.456 e. The smallest absolute Gasteiger partial charge is 0.342 e. The van der Waals surface area contributed by atoms with Crippen molar-refractivity contribution in [3.8, 4) is 22.6 Å². The highest BCUT2D eigenvalue weighted by molar-refractivity contribution is 5.94. The number of hydrogen-bond acceptors (Lipinski definition) is 6. The summed E-state index contributed by atoms with van der Waals surface area (Å²) in [4.78, 5) is 24.9. The lowest BCUT2D eigenvalue weighted by Gasteiger charge is -2.26. The van der Waals surface area contributed by atoms with Gasteiger partial charge < -0.3 is 14.4 Å². The van der Waals surface area contributed by atoms with Crippen molar-refractivity contribution in [1.82, 2.24) is 9.97 Å². The van der Waals surface area contributed by atoms with Crippen LogP contribution in [0.25, 0.3) is 17.2 Å². The molecule has 2 aromatic carbocycles. The van der Waals surface area contributed by atoms with E-state index in [4.69, 9.17) is 14.5 Å². The molecule has 0 bridgehead atoms. The van der Waals surface area contributed by atoms with E-state index in [-0.39, 0.29) is 0 Å². The van der Waals surface area contributed by atoms with E-state index in [1.807, 2.05) is 51.2 Å². The summed E-state index contributed by atoms with van der Waals surface area (Å²) in [5.41, 5.74) is 4.95. The van der Waals surface area contributed by atoms with E-state index in [0.29, 0.717) is 23.1 Å². The number of carbonyl (C=O) groups is 1. The maximum atomic E-state index is 13.1. The van der Waals surface area contributed by atoms with Crippen molar-refractivity contribution in [1.29, 1.82) is 0 Å². The molecule has 6 rings (SSSR count). The van der Waals surface area contributed by atoms with Gasteiger partial charge in [0.05, 0.1) is 17.9 Å². The Hall–Kier alpha value is -4.45. The zero-order chi connectivity index (χ0) is 27.7. The minimum absolute atomic E-state index is 0.337. The molecule has 1 aliphatic heterocycles. The Kier molecular flexibility index (Phi) is 6.84. The predicted octanol–water partition coefficient (Wildman–Crippen LogP) is 7.80. The number of fused-ring (bicyclic) bond motifs is 1. The normalized spacial score (nSPS) is 16.2. The Morgan fingerprint density at radius 1 is 0.950 bits per heavy atom. The molecule has 1 saturated heterocycles. The zero-order valence-electron chi connectivity index (χ0n) is 23.1. The predicted molar refractivity (Wildman–Crippen MR) is 158 cm³/mol. The van der Waals surface area contributed by atoms with Crippen molar-refractivity contribution >= 4 is 17.9 Å². The Balaban J connectivity index is 1.30. The summed E-state index contributed by atoms with van der Waals surface area (Å²) in [5, 5.41) is 0. The summed E-state index contributed by atoms with van der Waals surface area (Å²) in [6, 6.07) is 22.6. The van der Waals surface area contributed by atoms with E-state index < -0.39 is 11.6 Å². The van der Waals surface area contributed by atoms with Crippen molar-refractivity contribution in [2.24, 2.45) is 0 Å². The molecular weight excluding hydrogens is 498 g/mol. The number of pyridine rings is 2. The lowest BCUT2D eigenvalue weighted by Crippen LogP contribution is -2.24. The first-order chi connectivity index (χ1) is 19.3. The Labute approximate surface area is 235 Å². The van der Waals surface area contributed by atoms with Gasteiger partial charge in [0, 0.05) is 24.7 Å². The van der Waals surface area contributed by atoms with Crippen molar-refractivity contribution in [3.63, 3.8) is 0 Å². The minimum atomic E-state index is -0.625. The number of esters is 1. The molecule has 1 atom stereocenters. The lowest BCUT2D eigenvalue weighted by molar-refractivity contribution is 0.00672. The van der Waals surface area contributed by atoms with Gasteiger partial charge in [-0.2, -0.15) is 0 Å². The number of rotatable bonds is 6. The summed E-state index contributed by atoms with van der Waals surface area (Å²) < 4.78 is 12.0. The van der Waals surface area contributed by atoms with Crippen LogP contribution in [0.5, 0.6) is 11.5 Å². The summed E-state index contributed by atoms with van der Waals surface area (Å²) >= 11 is 0. The molecule has 6 nitrogen and oxygen atoms in total. The largest absolute Gasteiger partial charge is 0.456 e. The van der Waals surface area contributed by atoms with Crippen LogP contribution in [0, 0.1) is 0 Å². The maximum Gasteiger partial charge on any atom is 0.342 e. The van der Waals surface area contributed by atoms with Gasteiger partial charge >= 0.3 is 5.97 Å². The highest BCUT2D eigenvalue weighted by Gasteiger charge is 2.27. The third-order valence-electron chi connectivity index (χ3n) is 7.23. The number of allylic oxidation sites excluding steroid dienone is 1. The molecule has 0 radical (unpaired) electrons. The van der Waals surface area contributed by atoms with Gasteiger partial charge in [-0.1, -0.05) is 48.6 Å². The van der Waals surface area contributed by atoms with E-state index >= 15 is 0 Å². The molecule has 0 spiro atoms. The third-order valence-corrected chi connectivity index (χ3v) is 7.23. The molecule has 2 aliphatic rings. The molecule has 202 valence electrons. The number of nitrogens with zero attached hydrogens (tertiary/aromatic N) is 3. The molecule has 0 N–H and O–H groups in total. The van der Waals surface area contributed by atoms with E-state index in [1.165, 1.54) is 5.56 Å². The van der Waals surface area contributed by atoms with E-state index in [0.717, 1.165) is 54.0 Å². The van der Waals surface area contributed by atoms with Crippen LogP contribution in [0.15, 0.2) is 85.2 Å². The van der Waals surface area contributed by atoms with E-state index in [9.17, 15) is 4.79 Å². The molecule has 2 aromatic heterocycles. The third kappa shape index (κ3) is 5.48. The van der Waals surface area contributed by atoms with Crippen LogP contribution in [0.4, 0.5) is 5.82 Å². The molecule has 6 heteroatoms. The quantitative estimate of drug-likeness (QED) is 0.237. The van der Waals surface area contributed by atoms with Crippen LogP contribution in [0.3, 0.4) is 0 Å². The Bertz CT molecular complexity index is 1560. The number of anilines is 1. The topological polar surface area (TPSA) is 64.5 Å². The first kappa shape index (κ1) is 25.8. The van der Waals surface area contributed by atoms with E-state index in [2.05, 4.69) is 58.4 Å². The van der Waals surface area contributed by atoms with Crippen molar-refractivity contribution in [3.05, 3.63) is 108 Å². The van der Waals surface area contributed by atoms with Gasteiger partial charge in [-0.15, -0.1) is 0 Å². The number of aromatic nitrogens is 2. The van der Waals surface area contributed by atoms with Crippen LogP contribution in [-0.2, 0) is 11.2 Å².